The standard InChI is InChI=1S/C21H23N3O3/c1-12-10-16(15(22)11-21(12)27)23-24(17-6-4-8-19(25)13(17)2)18-7-5-9-20(26)14(18)3/h4-11,23,25-27H,22H2,1-3H3. The van der Waals surface area contributed by atoms with Crippen molar-refractivity contribution < 1.29 is 15.3 Å². The average Bonchev–Trinajstić information content (AvgIpc) is 2.62. The van der Waals surface area contributed by atoms with Gasteiger partial charge in [-0.15, -0.1) is 0 Å². The number of nitrogens with one attached hydrogen (secondary N) is 1. The van der Waals surface area contributed by atoms with E-state index in [9.17, 15) is 15.3 Å². The monoisotopic (exact) mass is 365 g/mol. The SMILES string of the molecule is Cc1cc(NN(c2cccc(O)c2C)c2cccc(O)c2C)c(N)cc1O. The molecule has 6 nitrogen and oxygen atoms in total. The average molecular weight is 365 g/mol. The molecule has 0 heterocycles. The van der Waals surface area contributed by atoms with Crippen molar-refractivity contribution in [3.63, 3.8) is 0 Å². The van der Waals surface area contributed by atoms with Crippen LogP contribution in [-0.2, 0) is 0 Å². The van der Waals surface area contributed by atoms with E-state index in [1.807, 2.05) is 26.0 Å². The molecule has 0 bridgehead atoms. The first kappa shape index (κ1) is 18.3. The van der Waals surface area contributed by atoms with Gasteiger partial charge in [-0.3, -0.25) is 10.4 Å². The van der Waals surface area contributed by atoms with Gasteiger partial charge in [-0.25, -0.2) is 0 Å². The lowest BCUT2D eigenvalue weighted by atomic mass is 10.1. The number of phenols is 3. The van der Waals surface area contributed by atoms with Gasteiger partial charge in [-0.2, -0.15) is 0 Å². The number of phenolic OH excluding ortho intramolecular Hbond substituents is 3. The molecule has 0 saturated carbocycles. The molecule has 0 radical (unpaired) electrons. The van der Waals surface area contributed by atoms with Crippen LogP contribution in [0, 0.1) is 20.8 Å². The molecule has 0 atom stereocenters. The Balaban J connectivity index is 2.18. The van der Waals surface area contributed by atoms with Gasteiger partial charge in [-0.05, 0) is 56.7 Å². The van der Waals surface area contributed by atoms with Gasteiger partial charge in [0.1, 0.15) is 17.2 Å². The molecule has 3 aromatic carbocycles. The van der Waals surface area contributed by atoms with Gasteiger partial charge < -0.3 is 21.1 Å². The summed E-state index contributed by atoms with van der Waals surface area (Å²) in [5, 5.41) is 31.9. The summed E-state index contributed by atoms with van der Waals surface area (Å²) in [6, 6.07) is 13.7. The molecular weight excluding hydrogens is 342 g/mol. The Morgan fingerprint density at radius 1 is 0.778 bits per heavy atom. The molecule has 27 heavy (non-hydrogen) atoms. The third kappa shape index (κ3) is 3.42. The molecule has 0 spiro atoms. The second-order valence-corrected chi connectivity index (χ2v) is 6.52. The highest BCUT2D eigenvalue weighted by Gasteiger charge is 2.18. The van der Waals surface area contributed by atoms with Crippen LogP contribution in [0.4, 0.5) is 22.7 Å². The summed E-state index contributed by atoms with van der Waals surface area (Å²) >= 11 is 0. The third-order valence-corrected chi connectivity index (χ3v) is 4.64. The van der Waals surface area contributed by atoms with E-state index in [0.717, 1.165) is 0 Å². The number of rotatable bonds is 4. The van der Waals surface area contributed by atoms with Crippen molar-refractivity contribution in [1.82, 2.24) is 0 Å². The smallest absolute Gasteiger partial charge is 0.120 e. The maximum absolute atomic E-state index is 10.2. The molecule has 3 aromatic rings. The van der Waals surface area contributed by atoms with Crippen molar-refractivity contribution in [3.8, 4) is 17.2 Å². The van der Waals surface area contributed by atoms with Crippen LogP contribution in [-0.4, -0.2) is 15.3 Å². The van der Waals surface area contributed by atoms with Crippen molar-refractivity contribution in [2.24, 2.45) is 0 Å². The minimum absolute atomic E-state index is 0.117. The Morgan fingerprint density at radius 3 is 1.81 bits per heavy atom. The summed E-state index contributed by atoms with van der Waals surface area (Å²) in [6.07, 6.45) is 0. The van der Waals surface area contributed by atoms with Gasteiger partial charge >= 0.3 is 0 Å². The van der Waals surface area contributed by atoms with E-state index in [0.29, 0.717) is 39.4 Å². The van der Waals surface area contributed by atoms with Gasteiger partial charge in [0.25, 0.3) is 0 Å². The summed E-state index contributed by atoms with van der Waals surface area (Å²) in [7, 11) is 0. The number of anilines is 4. The number of hydrogen-bond donors (Lipinski definition) is 5. The largest absolute Gasteiger partial charge is 0.508 e. The third-order valence-electron chi connectivity index (χ3n) is 4.64. The van der Waals surface area contributed by atoms with Gasteiger partial charge in [-0.1, -0.05) is 12.1 Å². The first-order chi connectivity index (χ1) is 12.8. The van der Waals surface area contributed by atoms with Crippen LogP contribution >= 0.6 is 0 Å². The Hall–Kier alpha value is -3.54. The van der Waals surface area contributed by atoms with Crippen molar-refractivity contribution in [2.45, 2.75) is 20.8 Å². The topological polar surface area (TPSA) is 102 Å². The van der Waals surface area contributed by atoms with Crippen LogP contribution in [0.15, 0.2) is 48.5 Å². The van der Waals surface area contributed by atoms with Gasteiger partial charge in [0.15, 0.2) is 0 Å². The lowest BCUT2D eigenvalue weighted by molar-refractivity contribution is 0.471. The van der Waals surface area contributed by atoms with Crippen LogP contribution in [0.3, 0.4) is 0 Å². The predicted molar refractivity (Wildman–Crippen MR) is 109 cm³/mol. The maximum atomic E-state index is 10.2. The molecule has 0 fully saturated rings. The molecule has 0 aliphatic heterocycles. The highest BCUT2D eigenvalue weighted by atomic mass is 16.3. The molecule has 3 rings (SSSR count). The minimum atomic E-state index is 0.117. The number of hydrazine groups is 1. The lowest BCUT2D eigenvalue weighted by Gasteiger charge is -2.30. The zero-order valence-corrected chi connectivity index (χ0v) is 15.5. The molecule has 6 N–H and O–H groups in total. The number of nitrogens with zero attached hydrogens (tertiary/aromatic N) is 1. The van der Waals surface area contributed by atoms with Gasteiger partial charge in [0.05, 0.1) is 22.7 Å². The number of aryl methyl sites for hydroxylation is 1. The normalized spacial score (nSPS) is 10.6. The van der Waals surface area contributed by atoms with Crippen LogP contribution in [0.5, 0.6) is 17.2 Å². The minimum Gasteiger partial charge on any atom is -0.508 e. The number of nitrogen functional groups attached to an aromatic ring is 1. The van der Waals surface area contributed by atoms with E-state index < -0.39 is 0 Å². The molecule has 0 aliphatic rings. The van der Waals surface area contributed by atoms with E-state index in [4.69, 9.17) is 5.73 Å². The van der Waals surface area contributed by atoms with Gasteiger partial charge in [0, 0.05) is 17.2 Å². The Morgan fingerprint density at radius 2 is 1.30 bits per heavy atom. The maximum Gasteiger partial charge on any atom is 0.120 e. The van der Waals surface area contributed by atoms with Crippen LogP contribution in [0.1, 0.15) is 16.7 Å². The van der Waals surface area contributed by atoms with Crippen molar-refractivity contribution in [3.05, 3.63) is 65.2 Å². The number of nitrogens with two attached hydrogens (primary N) is 1. The molecule has 0 amide bonds. The molecule has 0 aliphatic carbocycles. The summed E-state index contributed by atoms with van der Waals surface area (Å²) in [5.74, 6) is 0.436. The summed E-state index contributed by atoms with van der Waals surface area (Å²) in [4.78, 5) is 0. The molecule has 0 unspecified atom stereocenters. The molecule has 0 saturated heterocycles. The molecular formula is C21H23N3O3. The second kappa shape index (κ2) is 6.99. The van der Waals surface area contributed by atoms with E-state index in [2.05, 4.69) is 5.43 Å². The fraction of sp³-hybridized carbons (Fsp3) is 0.143. The summed E-state index contributed by atoms with van der Waals surface area (Å²) < 4.78 is 0. The van der Waals surface area contributed by atoms with Crippen molar-refractivity contribution in [2.75, 3.05) is 16.2 Å². The predicted octanol–water partition coefficient (Wildman–Crippen LogP) is 4.48. The van der Waals surface area contributed by atoms with Crippen LogP contribution in [0.25, 0.3) is 0 Å². The molecule has 6 heteroatoms. The Kier molecular flexibility index (Phi) is 4.73. The first-order valence-electron chi connectivity index (χ1n) is 8.52. The fourth-order valence-corrected chi connectivity index (χ4v) is 2.89. The van der Waals surface area contributed by atoms with E-state index in [-0.39, 0.29) is 17.2 Å². The van der Waals surface area contributed by atoms with Crippen molar-refractivity contribution >= 4 is 22.7 Å². The van der Waals surface area contributed by atoms with Crippen molar-refractivity contribution in [1.29, 1.82) is 0 Å². The van der Waals surface area contributed by atoms with E-state index in [1.54, 1.807) is 42.3 Å². The zero-order chi connectivity index (χ0) is 19.7. The Bertz CT molecular complexity index is 951. The molecule has 0 aromatic heterocycles. The number of benzene rings is 3. The van der Waals surface area contributed by atoms with Crippen LogP contribution in [0.2, 0.25) is 0 Å². The Labute approximate surface area is 158 Å². The second-order valence-electron chi connectivity index (χ2n) is 6.52. The van der Waals surface area contributed by atoms with Crippen LogP contribution < -0.4 is 16.2 Å². The molecule has 140 valence electrons. The number of aromatic hydroxyl groups is 3. The van der Waals surface area contributed by atoms with Gasteiger partial charge in [0.2, 0.25) is 0 Å². The lowest BCUT2D eigenvalue weighted by Crippen LogP contribution is -2.26. The quantitative estimate of drug-likeness (QED) is 0.265. The van der Waals surface area contributed by atoms with E-state index >= 15 is 0 Å². The summed E-state index contributed by atoms with van der Waals surface area (Å²) in [5.41, 5.74) is 13.7. The summed E-state index contributed by atoms with van der Waals surface area (Å²) in [6.45, 7) is 5.40. The zero-order valence-electron chi connectivity index (χ0n) is 15.5. The first-order valence-corrected chi connectivity index (χ1v) is 8.52. The highest BCUT2D eigenvalue weighted by Crippen LogP contribution is 2.38. The number of hydrogen-bond acceptors (Lipinski definition) is 6. The van der Waals surface area contributed by atoms with E-state index in [1.165, 1.54) is 6.07 Å². The fourth-order valence-electron chi connectivity index (χ4n) is 2.89. The highest BCUT2D eigenvalue weighted by molar-refractivity contribution is 5.79.